The zero-order valence-electron chi connectivity index (χ0n) is 14.3. The standard InChI is InChI=1S/C19H26N4/c1-4-10-23-11-9-16-15(12-23)19(21-20-16)18-13(2)22(3)17-8-6-5-7-14(17)18/h5-8,15,19,21H,4,9-12H2,1-3H3. The van der Waals surface area contributed by atoms with Crippen molar-refractivity contribution in [2.45, 2.75) is 32.7 Å². The van der Waals surface area contributed by atoms with Crippen LogP contribution in [0, 0.1) is 12.8 Å². The van der Waals surface area contributed by atoms with Gasteiger partial charge in [0.15, 0.2) is 0 Å². The van der Waals surface area contributed by atoms with Crippen LogP contribution in [0.4, 0.5) is 0 Å². The van der Waals surface area contributed by atoms with Crippen molar-refractivity contribution in [1.29, 1.82) is 0 Å². The van der Waals surface area contributed by atoms with Gasteiger partial charge in [-0.1, -0.05) is 25.1 Å². The second-order valence-electron chi connectivity index (χ2n) is 6.94. The van der Waals surface area contributed by atoms with Crippen LogP contribution in [-0.2, 0) is 7.05 Å². The zero-order valence-corrected chi connectivity index (χ0v) is 14.3. The summed E-state index contributed by atoms with van der Waals surface area (Å²) in [5, 5.41) is 6.07. The molecule has 1 fully saturated rings. The Morgan fingerprint density at radius 1 is 1.30 bits per heavy atom. The Kier molecular flexibility index (Phi) is 3.64. The van der Waals surface area contributed by atoms with Crippen molar-refractivity contribution in [2.75, 3.05) is 19.6 Å². The van der Waals surface area contributed by atoms with E-state index in [0.717, 1.165) is 19.5 Å². The van der Waals surface area contributed by atoms with Crippen LogP contribution >= 0.6 is 0 Å². The number of likely N-dealkylation sites (tertiary alicyclic amines) is 1. The van der Waals surface area contributed by atoms with Crippen LogP contribution in [0.15, 0.2) is 29.4 Å². The normalized spacial score (nSPS) is 24.6. The Morgan fingerprint density at radius 3 is 2.96 bits per heavy atom. The molecular weight excluding hydrogens is 284 g/mol. The lowest BCUT2D eigenvalue weighted by atomic mass is 9.85. The Bertz CT molecular complexity index is 758. The topological polar surface area (TPSA) is 32.6 Å². The molecule has 4 rings (SSSR count). The number of piperidine rings is 1. The zero-order chi connectivity index (χ0) is 16.0. The molecule has 1 saturated heterocycles. The minimum absolute atomic E-state index is 0.316. The van der Waals surface area contributed by atoms with Gasteiger partial charge in [-0.05, 0) is 26.0 Å². The van der Waals surface area contributed by atoms with Crippen molar-refractivity contribution in [2.24, 2.45) is 18.1 Å². The van der Waals surface area contributed by atoms with Crippen LogP contribution in [0.5, 0.6) is 0 Å². The molecule has 122 valence electrons. The largest absolute Gasteiger partial charge is 0.348 e. The Hall–Kier alpha value is -1.81. The number of para-hydroxylation sites is 1. The lowest BCUT2D eigenvalue weighted by molar-refractivity contribution is 0.228. The highest BCUT2D eigenvalue weighted by Gasteiger charge is 2.38. The monoisotopic (exact) mass is 310 g/mol. The van der Waals surface area contributed by atoms with E-state index in [1.807, 2.05) is 0 Å². The van der Waals surface area contributed by atoms with Gasteiger partial charge >= 0.3 is 0 Å². The molecule has 0 amide bonds. The Labute approximate surface area is 138 Å². The van der Waals surface area contributed by atoms with E-state index >= 15 is 0 Å². The summed E-state index contributed by atoms with van der Waals surface area (Å²) < 4.78 is 2.32. The smallest absolute Gasteiger partial charge is 0.0806 e. The van der Waals surface area contributed by atoms with E-state index in [-0.39, 0.29) is 0 Å². The molecule has 4 heteroatoms. The lowest BCUT2D eigenvalue weighted by Gasteiger charge is -2.33. The van der Waals surface area contributed by atoms with Gasteiger partial charge in [0, 0.05) is 60.3 Å². The number of rotatable bonds is 3. The summed E-state index contributed by atoms with van der Waals surface area (Å²) in [6, 6.07) is 9.05. The van der Waals surface area contributed by atoms with Gasteiger partial charge in [0.1, 0.15) is 0 Å². The van der Waals surface area contributed by atoms with E-state index in [9.17, 15) is 0 Å². The first-order valence-electron chi connectivity index (χ1n) is 8.79. The Morgan fingerprint density at radius 2 is 2.13 bits per heavy atom. The number of fused-ring (bicyclic) bond motifs is 2. The molecule has 2 aliphatic heterocycles. The van der Waals surface area contributed by atoms with Gasteiger partial charge in [0.2, 0.25) is 0 Å². The van der Waals surface area contributed by atoms with E-state index in [2.05, 4.69) is 60.1 Å². The van der Waals surface area contributed by atoms with Gasteiger partial charge in [-0.3, -0.25) is 0 Å². The fourth-order valence-corrected chi connectivity index (χ4v) is 4.34. The number of hydrazone groups is 1. The predicted octanol–water partition coefficient (Wildman–Crippen LogP) is 3.22. The number of hydrogen-bond donors (Lipinski definition) is 1. The van der Waals surface area contributed by atoms with E-state index in [1.54, 1.807) is 0 Å². The van der Waals surface area contributed by atoms with Crippen molar-refractivity contribution in [3.63, 3.8) is 0 Å². The van der Waals surface area contributed by atoms with Crippen LogP contribution < -0.4 is 5.43 Å². The molecule has 0 spiro atoms. The molecular formula is C19H26N4. The first-order chi connectivity index (χ1) is 11.2. The molecule has 2 unspecified atom stereocenters. The summed E-state index contributed by atoms with van der Waals surface area (Å²) in [4.78, 5) is 2.60. The molecule has 4 nitrogen and oxygen atoms in total. The summed E-state index contributed by atoms with van der Waals surface area (Å²) in [5.74, 6) is 0.514. The lowest BCUT2D eigenvalue weighted by Crippen LogP contribution is -2.42. The fraction of sp³-hybridized carbons (Fsp3) is 0.526. The van der Waals surface area contributed by atoms with Crippen molar-refractivity contribution in [3.05, 3.63) is 35.5 Å². The number of nitrogens with one attached hydrogen (secondary N) is 1. The highest BCUT2D eigenvalue weighted by molar-refractivity contribution is 5.92. The molecule has 23 heavy (non-hydrogen) atoms. The summed E-state index contributed by atoms with van der Waals surface area (Å²) in [7, 11) is 2.17. The van der Waals surface area contributed by atoms with Gasteiger partial charge in [-0.2, -0.15) is 5.10 Å². The van der Waals surface area contributed by atoms with Crippen molar-refractivity contribution >= 4 is 16.6 Å². The third kappa shape index (κ3) is 2.27. The SMILES string of the molecule is CCCN1CCC2=NNC(c3c(C)n(C)c4ccccc34)C2C1. The number of nitrogens with zero attached hydrogens (tertiary/aromatic N) is 3. The van der Waals surface area contributed by atoms with Crippen LogP contribution in [-0.4, -0.2) is 34.8 Å². The number of hydrogen-bond acceptors (Lipinski definition) is 3. The quantitative estimate of drug-likeness (QED) is 0.944. The molecule has 2 aliphatic rings. The average Bonchev–Trinajstić information content (AvgIpc) is 3.08. The number of aryl methyl sites for hydroxylation is 1. The summed E-state index contributed by atoms with van der Waals surface area (Å²) in [6.45, 7) is 7.99. The third-order valence-corrected chi connectivity index (χ3v) is 5.62. The molecule has 0 saturated carbocycles. The van der Waals surface area contributed by atoms with Crippen molar-refractivity contribution < 1.29 is 0 Å². The van der Waals surface area contributed by atoms with Gasteiger partial charge in [0.05, 0.1) is 6.04 Å². The molecule has 1 N–H and O–H groups in total. The van der Waals surface area contributed by atoms with E-state index in [0.29, 0.717) is 12.0 Å². The molecule has 0 bridgehead atoms. The van der Waals surface area contributed by atoms with Crippen molar-refractivity contribution in [3.8, 4) is 0 Å². The minimum Gasteiger partial charge on any atom is -0.348 e. The van der Waals surface area contributed by atoms with Crippen LogP contribution in [0.2, 0.25) is 0 Å². The number of aromatic nitrogens is 1. The highest BCUT2D eigenvalue weighted by atomic mass is 15.4. The summed E-state index contributed by atoms with van der Waals surface area (Å²) in [6.07, 6.45) is 2.34. The van der Waals surface area contributed by atoms with E-state index in [1.165, 1.54) is 40.8 Å². The molecule has 2 aromatic rings. The molecule has 1 aromatic heterocycles. The maximum Gasteiger partial charge on any atom is 0.0806 e. The molecule has 3 heterocycles. The molecule has 1 aromatic carbocycles. The molecule has 0 radical (unpaired) electrons. The maximum absolute atomic E-state index is 4.70. The van der Waals surface area contributed by atoms with Gasteiger partial charge in [-0.15, -0.1) is 0 Å². The van der Waals surface area contributed by atoms with Crippen LogP contribution in [0.1, 0.15) is 37.1 Å². The summed E-state index contributed by atoms with van der Waals surface area (Å²) >= 11 is 0. The molecule has 2 atom stereocenters. The van der Waals surface area contributed by atoms with Gasteiger partial charge in [-0.25, -0.2) is 0 Å². The number of benzene rings is 1. The fourth-order valence-electron chi connectivity index (χ4n) is 4.34. The third-order valence-electron chi connectivity index (χ3n) is 5.62. The van der Waals surface area contributed by atoms with Gasteiger partial charge < -0.3 is 14.9 Å². The highest BCUT2D eigenvalue weighted by Crippen LogP contribution is 2.38. The first-order valence-corrected chi connectivity index (χ1v) is 8.79. The predicted molar refractivity (Wildman–Crippen MR) is 95.8 cm³/mol. The average molecular weight is 310 g/mol. The molecule has 0 aliphatic carbocycles. The van der Waals surface area contributed by atoms with E-state index < -0.39 is 0 Å². The second-order valence-corrected chi connectivity index (χ2v) is 6.94. The Balaban J connectivity index is 1.73. The van der Waals surface area contributed by atoms with Crippen molar-refractivity contribution in [1.82, 2.24) is 14.9 Å². The van der Waals surface area contributed by atoms with E-state index in [4.69, 9.17) is 5.10 Å². The first kappa shape index (κ1) is 14.8. The second kappa shape index (κ2) is 5.68. The van der Waals surface area contributed by atoms with Crippen LogP contribution in [0.3, 0.4) is 0 Å². The van der Waals surface area contributed by atoms with Gasteiger partial charge in [0.25, 0.3) is 0 Å². The summed E-state index contributed by atoms with van der Waals surface area (Å²) in [5.41, 5.74) is 8.95. The maximum atomic E-state index is 4.70. The van der Waals surface area contributed by atoms with Crippen LogP contribution in [0.25, 0.3) is 10.9 Å². The minimum atomic E-state index is 0.316.